The number of rotatable bonds is 0. The molecule has 0 fully saturated rings. The van der Waals surface area contributed by atoms with Gasteiger partial charge < -0.3 is 33.9 Å². The van der Waals surface area contributed by atoms with E-state index in [0.717, 1.165) is 0 Å². The van der Waals surface area contributed by atoms with Gasteiger partial charge in [-0.2, -0.15) is 0 Å². The van der Waals surface area contributed by atoms with E-state index in [2.05, 4.69) is 0 Å². The fourth-order valence-electron chi connectivity index (χ4n) is 6.64. The molecule has 2 aliphatic carbocycles. The molecular weight excluding hydrogens is 456 g/mol. The minimum atomic E-state index is -1.66. The number of fused-ring (bicyclic) bond motifs is 3. The second kappa shape index (κ2) is 5.99. The van der Waals surface area contributed by atoms with Crippen molar-refractivity contribution in [2.24, 2.45) is 0 Å². The van der Waals surface area contributed by atoms with Crippen LogP contribution >= 0.6 is 0 Å². The summed E-state index contributed by atoms with van der Waals surface area (Å²) in [5.74, 6) is -2.59. The van der Waals surface area contributed by atoms with E-state index < -0.39 is 41.4 Å². The highest BCUT2D eigenvalue weighted by molar-refractivity contribution is 5.62. The maximum Gasteiger partial charge on any atom is 0.343 e. The average Bonchev–Trinajstić information content (AvgIpc) is 3.22. The number of hydrogen-bond acceptors (Lipinski definition) is 9. The number of aromatic hydroxyl groups is 1. The number of hydrogen-bond donors (Lipinski definition) is 3. The molecule has 9 heteroatoms. The van der Waals surface area contributed by atoms with Crippen LogP contribution in [0.25, 0.3) is 0 Å². The average molecular weight is 476 g/mol. The summed E-state index contributed by atoms with van der Waals surface area (Å²) in [6.45, 7) is 1.64. The van der Waals surface area contributed by atoms with Crippen molar-refractivity contribution in [3.63, 3.8) is 0 Å². The molecule has 178 valence electrons. The topological polar surface area (TPSA) is 128 Å². The van der Waals surface area contributed by atoms with Crippen molar-refractivity contribution in [1.29, 1.82) is 0 Å². The summed E-state index contributed by atoms with van der Waals surface area (Å²) in [6, 6.07) is 10.0. The molecule has 2 bridgehead atoms. The molecule has 0 unspecified atom stereocenters. The summed E-state index contributed by atoms with van der Waals surface area (Å²) in [5, 5.41) is 32.9. The molecule has 3 aromatic rings. The highest BCUT2D eigenvalue weighted by Gasteiger charge is 2.71. The summed E-state index contributed by atoms with van der Waals surface area (Å²) in [6.07, 6.45) is -2.27. The Morgan fingerprint density at radius 3 is 2.69 bits per heavy atom. The summed E-state index contributed by atoms with van der Waals surface area (Å²) in [5.41, 5.74) is 1.33. The third-order valence-electron chi connectivity index (χ3n) is 7.92. The van der Waals surface area contributed by atoms with Crippen molar-refractivity contribution < 1.29 is 38.7 Å². The van der Waals surface area contributed by atoms with Gasteiger partial charge in [-0.25, -0.2) is 4.79 Å². The molecule has 4 heterocycles. The molecule has 8 rings (SSSR count). The molecule has 2 spiro atoms. The van der Waals surface area contributed by atoms with Crippen LogP contribution in [0.2, 0.25) is 0 Å². The fourth-order valence-corrected chi connectivity index (χ4v) is 6.64. The van der Waals surface area contributed by atoms with Crippen LogP contribution in [0.4, 0.5) is 0 Å². The van der Waals surface area contributed by atoms with Crippen LogP contribution < -0.4 is 19.8 Å². The normalized spacial score (nSPS) is 34.4. The van der Waals surface area contributed by atoms with Gasteiger partial charge in [0.25, 0.3) is 5.79 Å². The quantitative estimate of drug-likeness (QED) is 0.449. The summed E-state index contributed by atoms with van der Waals surface area (Å²) in [4.78, 5) is 13.1. The highest BCUT2D eigenvalue weighted by atomic mass is 16.8. The van der Waals surface area contributed by atoms with E-state index in [-0.39, 0.29) is 22.6 Å². The number of ether oxygens (including phenoxy) is 4. The van der Waals surface area contributed by atoms with E-state index in [1.807, 2.05) is 6.07 Å². The number of phenols is 1. The first kappa shape index (κ1) is 19.7. The Labute approximate surface area is 198 Å². The molecule has 2 aromatic carbocycles. The zero-order valence-electron chi connectivity index (χ0n) is 18.5. The standard InChI is InChI=1S/C26H20O9/c1-10-9-16-18(24(30)31-10)21-23(32-16)22(29)17-13(28)5-6-15-20(17)26(21)34-14-4-2-3-11-12(27)7-8-25(33-15,35-26)19(11)14/h2-6,9,12,21-23,27-29H,7-8H2,1H3/t12-,21+,22+,23-,25+,26-/m0/s1. The Hall–Kier alpha value is -3.53. The Morgan fingerprint density at radius 1 is 1.00 bits per heavy atom. The van der Waals surface area contributed by atoms with Gasteiger partial charge in [-0.1, -0.05) is 12.1 Å². The van der Waals surface area contributed by atoms with Crippen molar-refractivity contribution in [2.75, 3.05) is 0 Å². The predicted octanol–water partition coefficient (Wildman–Crippen LogP) is 2.88. The molecule has 0 radical (unpaired) electrons. The van der Waals surface area contributed by atoms with E-state index in [1.54, 1.807) is 31.2 Å². The third-order valence-corrected chi connectivity index (χ3v) is 7.92. The second-order valence-corrected chi connectivity index (χ2v) is 9.80. The molecule has 35 heavy (non-hydrogen) atoms. The monoisotopic (exact) mass is 476 g/mol. The lowest BCUT2D eigenvalue weighted by Gasteiger charge is -2.58. The van der Waals surface area contributed by atoms with Crippen molar-refractivity contribution in [2.45, 2.75) is 55.6 Å². The van der Waals surface area contributed by atoms with Crippen LogP contribution in [0.3, 0.4) is 0 Å². The number of aliphatic hydroxyl groups excluding tert-OH is 2. The molecule has 5 aliphatic rings. The Bertz CT molecular complexity index is 1530. The second-order valence-electron chi connectivity index (χ2n) is 9.80. The largest absolute Gasteiger partial charge is 0.508 e. The van der Waals surface area contributed by atoms with Gasteiger partial charge in [0.05, 0.1) is 22.8 Å². The van der Waals surface area contributed by atoms with E-state index in [1.165, 1.54) is 6.07 Å². The van der Waals surface area contributed by atoms with E-state index in [9.17, 15) is 20.1 Å². The minimum Gasteiger partial charge on any atom is -0.508 e. The molecule has 3 N–H and O–H groups in total. The molecule has 6 atom stereocenters. The Balaban J connectivity index is 1.49. The first-order chi connectivity index (χ1) is 16.8. The van der Waals surface area contributed by atoms with Gasteiger partial charge in [-0.15, -0.1) is 0 Å². The molecule has 0 saturated carbocycles. The molecule has 1 aromatic heterocycles. The summed E-state index contributed by atoms with van der Waals surface area (Å²) in [7, 11) is 0. The minimum absolute atomic E-state index is 0.165. The van der Waals surface area contributed by atoms with E-state index in [0.29, 0.717) is 46.8 Å². The molecule has 0 amide bonds. The van der Waals surface area contributed by atoms with E-state index >= 15 is 0 Å². The zero-order valence-corrected chi connectivity index (χ0v) is 18.5. The maximum absolute atomic E-state index is 13.1. The molecular formula is C26H20O9. The lowest BCUT2D eigenvalue weighted by atomic mass is 9.70. The van der Waals surface area contributed by atoms with Gasteiger partial charge in [0, 0.05) is 18.1 Å². The van der Waals surface area contributed by atoms with Gasteiger partial charge >= 0.3 is 5.63 Å². The number of aryl methyl sites for hydroxylation is 1. The number of phenolic OH excluding ortho intramolecular Hbond substituents is 1. The van der Waals surface area contributed by atoms with Gasteiger partial charge in [0.1, 0.15) is 46.9 Å². The lowest BCUT2D eigenvalue weighted by molar-refractivity contribution is -0.380. The zero-order chi connectivity index (χ0) is 23.9. The predicted molar refractivity (Wildman–Crippen MR) is 116 cm³/mol. The SMILES string of the molecule is Cc1cc2c(c(=O)o1)[C@@H]1[C@H](O2)[C@H](O)c2c(O)ccc3c2[C@@]12Oc1cccc4c1[C@](CC[C@@H]4O)(O3)O2. The van der Waals surface area contributed by atoms with Crippen LogP contribution in [0, 0.1) is 6.92 Å². The van der Waals surface area contributed by atoms with Gasteiger partial charge in [0.2, 0.25) is 5.79 Å². The molecule has 9 nitrogen and oxygen atoms in total. The van der Waals surface area contributed by atoms with Crippen LogP contribution in [-0.2, 0) is 16.3 Å². The summed E-state index contributed by atoms with van der Waals surface area (Å²) >= 11 is 0. The Morgan fingerprint density at radius 2 is 1.83 bits per heavy atom. The van der Waals surface area contributed by atoms with Crippen LogP contribution in [0.1, 0.15) is 64.5 Å². The van der Waals surface area contributed by atoms with Crippen molar-refractivity contribution in [3.05, 3.63) is 80.4 Å². The Kier molecular flexibility index (Phi) is 3.38. The first-order valence-corrected chi connectivity index (χ1v) is 11.6. The van der Waals surface area contributed by atoms with Gasteiger partial charge in [0.15, 0.2) is 0 Å². The number of aliphatic hydroxyl groups is 2. The molecule has 0 saturated heterocycles. The first-order valence-electron chi connectivity index (χ1n) is 11.6. The maximum atomic E-state index is 13.1. The van der Waals surface area contributed by atoms with Crippen molar-refractivity contribution in [1.82, 2.24) is 0 Å². The van der Waals surface area contributed by atoms with Gasteiger partial charge in [-0.3, -0.25) is 4.74 Å². The number of benzene rings is 2. The van der Waals surface area contributed by atoms with Crippen molar-refractivity contribution in [3.8, 4) is 23.0 Å². The summed E-state index contributed by atoms with van der Waals surface area (Å²) < 4.78 is 31.5. The van der Waals surface area contributed by atoms with Gasteiger partial charge in [-0.05, 0) is 37.1 Å². The molecule has 3 aliphatic heterocycles. The highest BCUT2D eigenvalue weighted by Crippen LogP contribution is 2.68. The van der Waals surface area contributed by atoms with Crippen LogP contribution in [-0.4, -0.2) is 21.4 Å². The van der Waals surface area contributed by atoms with E-state index in [4.69, 9.17) is 23.4 Å². The fraction of sp³-hybridized carbons (Fsp3) is 0.346. The lowest BCUT2D eigenvalue weighted by Crippen LogP contribution is -2.63. The van der Waals surface area contributed by atoms with Crippen LogP contribution in [0.15, 0.2) is 45.6 Å². The van der Waals surface area contributed by atoms with Crippen LogP contribution in [0.5, 0.6) is 23.0 Å². The third kappa shape index (κ3) is 2.14. The van der Waals surface area contributed by atoms with Crippen molar-refractivity contribution >= 4 is 0 Å². The smallest absolute Gasteiger partial charge is 0.343 e.